The number of halogens is 1. The molecular weight excluding hydrogens is 1350 g/mol. The summed E-state index contributed by atoms with van der Waals surface area (Å²) in [4.78, 5) is 58.3. The zero-order valence-corrected chi connectivity index (χ0v) is 59.0. The van der Waals surface area contributed by atoms with E-state index < -0.39 is 40.5 Å². The Bertz CT molecular complexity index is 4060. The van der Waals surface area contributed by atoms with Crippen molar-refractivity contribution in [3.63, 3.8) is 0 Å². The summed E-state index contributed by atoms with van der Waals surface area (Å²) in [6, 6.07) is 33.6. The number of likely N-dealkylation sites (N-methyl/N-ethyl adjacent to an activating group) is 3. The van der Waals surface area contributed by atoms with Crippen LogP contribution in [-0.2, 0) is 45.2 Å². The van der Waals surface area contributed by atoms with Gasteiger partial charge < -0.3 is 84.1 Å². The monoisotopic (exact) mass is 1440 g/mol. The van der Waals surface area contributed by atoms with Gasteiger partial charge in [-0.2, -0.15) is 0 Å². The smallest absolute Gasteiger partial charge is 0.488 e. The standard InChI is InChI=1S/2C24H27N3O5.C16H18BrN3O3.C8H11BO4/c2*1-27-21(28)24(26-22(27)25)13-23(9-4-10-31-14-23)32-18-7-5-15(11-17(18)24)16-6-8-19(29-2)20(12-16)30-3;1-20-13(21)16(19-14(20)18)8-15(5-2-6-22-9-15)23-12-4-3-10(17)7-11(12)16;1-12-7-4-3-6(9(10)11)5-8(7)13-2/h2*5-8,11-12H,4,9-10,13-14H2,1-3H3,(H2,25,26);3-4,7H,2,5-6,8-9H2,1H3,(H2,18,19);3-5,10-11H,1-2H3/t23-,24+;23-,24-;;/m10../s1. The maximum atomic E-state index is 13.5. The minimum Gasteiger partial charge on any atom is -0.493 e. The first-order valence-corrected chi connectivity index (χ1v) is 33.6. The molecule has 28 heteroatoms. The number of guanidine groups is 3. The fourth-order valence-electron chi connectivity index (χ4n) is 14.8. The van der Waals surface area contributed by atoms with Gasteiger partial charge in [-0.3, -0.25) is 29.1 Å². The number of benzene rings is 6. The first kappa shape index (κ1) is 70.5. The van der Waals surface area contributed by atoms with E-state index in [1.807, 2.05) is 91.0 Å². The third-order valence-corrected chi connectivity index (χ3v) is 20.4. The van der Waals surface area contributed by atoms with E-state index in [2.05, 4.69) is 20.9 Å². The molecule has 6 aromatic carbocycles. The minimum absolute atomic E-state index is 0.109. The molecule has 9 aliphatic heterocycles. The van der Waals surface area contributed by atoms with Crippen molar-refractivity contribution in [1.29, 1.82) is 0 Å². The number of nitrogens with two attached hydrogens (primary N) is 3. The normalized spacial score (nSPS) is 25.9. The number of methoxy groups -OCH3 is 6. The van der Waals surface area contributed by atoms with Crippen molar-refractivity contribution in [2.75, 3.05) is 103 Å². The Morgan fingerprint density at radius 2 is 0.740 bits per heavy atom. The molecule has 2 unspecified atom stereocenters. The molecule has 3 fully saturated rings. The van der Waals surface area contributed by atoms with Gasteiger partial charge >= 0.3 is 7.12 Å². The second-order valence-corrected chi connectivity index (χ2v) is 27.0. The van der Waals surface area contributed by atoms with E-state index in [4.69, 9.17) is 94.1 Å². The molecule has 9 aliphatic rings. The van der Waals surface area contributed by atoms with E-state index in [0.717, 1.165) is 88.5 Å². The number of fused-ring (bicyclic) bond motifs is 6. The molecule has 0 radical (unpaired) electrons. The topological polar surface area (TPSA) is 327 Å². The summed E-state index contributed by atoms with van der Waals surface area (Å²) in [6.45, 7) is 3.45. The third kappa shape index (κ3) is 12.8. The molecule has 6 aromatic rings. The molecule has 6 atom stereocenters. The van der Waals surface area contributed by atoms with Crippen LogP contribution in [0.25, 0.3) is 22.3 Å². The molecule has 3 saturated heterocycles. The Balaban J connectivity index is 0.000000132. The molecule has 0 aromatic heterocycles. The summed E-state index contributed by atoms with van der Waals surface area (Å²) in [5.74, 6) is 5.86. The highest BCUT2D eigenvalue weighted by molar-refractivity contribution is 9.10. The van der Waals surface area contributed by atoms with E-state index in [0.29, 0.717) is 110 Å². The first-order chi connectivity index (χ1) is 48.0. The summed E-state index contributed by atoms with van der Waals surface area (Å²) < 4.78 is 68.9. The van der Waals surface area contributed by atoms with Gasteiger partial charge in [-0.1, -0.05) is 46.3 Å². The van der Waals surface area contributed by atoms with Crippen molar-refractivity contribution in [1.82, 2.24) is 14.7 Å². The van der Waals surface area contributed by atoms with Crippen LogP contribution < -0.4 is 65.3 Å². The van der Waals surface area contributed by atoms with Crippen LogP contribution in [0.15, 0.2) is 129 Å². The predicted octanol–water partition coefficient (Wildman–Crippen LogP) is 6.52. The summed E-state index contributed by atoms with van der Waals surface area (Å²) in [5, 5.41) is 17.7. The molecule has 6 spiro atoms. The van der Waals surface area contributed by atoms with Crippen molar-refractivity contribution in [2.45, 2.75) is 91.2 Å². The molecule has 8 N–H and O–H groups in total. The van der Waals surface area contributed by atoms with E-state index in [-0.39, 0.29) is 35.6 Å². The number of nitrogens with zero attached hydrogens (tertiary/aromatic N) is 6. The number of hydrogen-bond donors (Lipinski definition) is 5. The summed E-state index contributed by atoms with van der Waals surface area (Å²) in [6.07, 6.45) is 6.35. The molecule has 0 saturated carbocycles. The highest BCUT2D eigenvalue weighted by atomic mass is 79.9. The Morgan fingerprint density at radius 1 is 0.430 bits per heavy atom. The Kier molecular flexibility index (Phi) is 19.8. The van der Waals surface area contributed by atoms with Crippen LogP contribution in [0.2, 0.25) is 0 Å². The molecular formula is C72H83BBrN9O17. The number of amides is 3. The van der Waals surface area contributed by atoms with Crippen LogP contribution >= 0.6 is 15.9 Å². The fourth-order valence-corrected chi connectivity index (χ4v) is 15.2. The minimum atomic E-state index is -1.49. The van der Waals surface area contributed by atoms with Gasteiger partial charge in [0, 0.05) is 81.4 Å². The van der Waals surface area contributed by atoms with Crippen molar-refractivity contribution in [3.05, 3.63) is 130 Å². The van der Waals surface area contributed by atoms with Gasteiger partial charge in [0.1, 0.15) is 34.1 Å². The second kappa shape index (κ2) is 28.0. The van der Waals surface area contributed by atoms with Crippen LogP contribution in [0.5, 0.6) is 51.7 Å². The van der Waals surface area contributed by atoms with E-state index in [1.54, 1.807) is 61.7 Å². The lowest BCUT2D eigenvalue weighted by Crippen LogP contribution is -2.55. The Labute approximate surface area is 588 Å². The molecule has 9 heterocycles. The van der Waals surface area contributed by atoms with Gasteiger partial charge in [-0.15, -0.1) is 0 Å². The number of carbonyl (C=O) groups is 3. The maximum Gasteiger partial charge on any atom is 0.488 e. The average Bonchev–Trinajstić information content (AvgIpc) is 1.40. The summed E-state index contributed by atoms with van der Waals surface area (Å²) in [5.41, 5.74) is 19.5. The zero-order valence-electron chi connectivity index (χ0n) is 57.4. The van der Waals surface area contributed by atoms with E-state index in [1.165, 1.54) is 35.0 Å². The lowest BCUT2D eigenvalue weighted by atomic mass is 9.74. The lowest BCUT2D eigenvalue weighted by Gasteiger charge is -2.46. The average molecular weight is 1440 g/mol. The fraction of sp³-hybridized carbons (Fsp3) is 0.417. The number of rotatable bonds is 9. The second-order valence-electron chi connectivity index (χ2n) is 26.1. The highest BCUT2D eigenvalue weighted by Gasteiger charge is 2.62. The molecule has 3 amide bonds. The number of ether oxygens (including phenoxy) is 12. The van der Waals surface area contributed by atoms with Gasteiger partial charge in [0.05, 0.1) is 62.5 Å². The van der Waals surface area contributed by atoms with Crippen molar-refractivity contribution < 1.29 is 81.3 Å². The Hall–Kier alpha value is -9.32. The van der Waals surface area contributed by atoms with Crippen LogP contribution in [0.4, 0.5) is 0 Å². The SMILES string of the molecule is CN1C(=O)C2(CC3(CCCOC3)Oc3ccc(Br)cc32)N=C1N.COc1ccc(-c2ccc3c(c2)[C@]2(C[C@@]4(CCCOC4)O3)N=C(N)N(C)C2=O)cc1OC.COc1ccc(-c2ccc3c(c2)[C@]2(C[C@]4(CCCOC4)O3)N=C(N)N(C)C2=O)cc1OC.COc1ccc(B(O)O)cc1OC. The molecule has 15 rings (SSSR count). The van der Waals surface area contributed by atoms with Gasteiger partial charge in [-0.05, 0) is 145 Å². The van der Waals surface area contributed by atoms with Crippen molar-refractivity contribution in [2.24, 2.45) is 32.2 Å². The quantitative estimate of drug-likeness (QED) is 0.0962. The Morgan fingerprint density at radius 3 is 1.05 bits per heavy atom. The zero-order chi connectivity index (χ0) is 71.1. The maximum absolute atomic E-state index is 13.5. The molecule has 26 nitrogen and oxygen atoms in total. The van der Waals surface area contributed by atoms with Crippen molar-refractivity contribution in [3.8, 4) is 74.0 Å². The first-order valence-electron chi connectivity index (χ1n) is 32.8. The summed E-state index contributed by atoms with van der Waals surface area (Å²) in [7, 11) is 12.9. The van der Waals surface area contributed by atoms with Gasteiger partial charge in [0.2, 0.25) is 0 Å². The predicted molar refractivity (Wildman–Crippen MR) is 376 cm³/mol. The van der Waals surface area contributed by atoms with E-state index in [9.17, 15) is 14.4 Å². The van der Waals surface area contributed by atoms with Gasteiger partial charge in [-0.25, -0.2) is 15.0 Å². The molecule has 100 heavy (non-hydrogen) atoms. The third-order valence-electron chi connectivity index (χ3n) is 19.9. The number of carbonyl (C=O) groups excluding carboxylic acids is 3. The lowest BCUT2D eigenvalue weighted by molar-refractivity contribution is -0.139. The number of hydrogen-bond acceptors (Lipinski definition) is 23. The van der Waals surface area contributed by atoms with Gasteiger partial charge in [0.25, 0.3) is 17.7 Å². The summed E-state index contributed by atoms with van der Waals surface area (Å²) >= 11 is 3.47. The van der Waals surface area contributed by atoms with Gasteiger partial charge in [0.15, 0.2) is 69.0 Å². The largest absolute Gasteiger partial charge is 0.493 e. The highest BCUT2D eigenvalue weighted by Crippen LogP contribution is 2.56. The molecule has 528 valence electrons. The van der Waals surface area contributed by atoms with Crippen LogP contribution in [-0.4, -0.2) is 188 Å². The number of aliphatic imine (C=N–C) groups is 3. The molecule has 0 aliphatic carbocycles. The molecule has 0 bridgehead atoms. The van der Waals surface area contributed by atoms with Crippen molar-refractivity contribution >= 4 is 64.1 Å². The van der Waals surface area contributed by atoms with Crippen LogP contribution in [0.1, 0.15) is 74.5 Å². The van der Waals surface area contributed by atoms with Crippen LogP contribution in [0, 0.1) is 0 Å². The van der Waals surface area contributed by atoms with Crippen LogP contribution in [0.3, 0.4) is 0 Å². The van der Waals surface area contributed by atoms with E-state index >= 15 is 0 Å².